The summed E-state index contributed by atoms with van der Waals surface area (Å²) in [5.74, 6) is 0.609. The summed E-state index contributed by atoms with van der Waals surface area (Å²) in [6.45, 7) is 1.82. The van der Waals surface area contributed by atoms with Crippen molar-refractivity contribution in [2.75, 3.05) is 6.61 Å². The normalized spacial score (nSPS) is 10.3. The lowest BCUT2D eigenvalue weighted by atomic mass is 10.1. The van der Waals surface area contributed by atoms with Crippen LogP contribution in [0.3, 0.4) is 0 Å². The number of hydrogen-bond donors (Lipinski definition) is 0. The highest BCUT2D eigenvalue weighted by Gasteiger charge is 2.08. The third-order valence-corrected chi connectivity index (χ3v) is 3.02. The molecule has 1 heterocycles. The minimum Gasteiger partial charge on any atom is -0.485 e. The highest BCUT2D eigenvalue weighted by Crippen LogP contribution is 2.14. The van der Waals surface area contributed by atoms with Crippen LogP contribution < -0.4 is 4.74 Å². The predicted octanol–water partition coefficient (Wildman–Crippen LogP) is 2.88. The van der Waals surface area contributed by atoms with Crippen molar-refractivity contribution in [2.45, 2.75) is 13.3 Å². The third-order valence-electron chi connectivity index (χ3n) is 3.02. The first-order valence-electron chi connectivity index (χ1n) is 6.51. The molecule has 104 valence electrons. The Morgan fingerprint density at radius 3 is 2.30 bits per heavy atom. The molecule has 0 bridgehead atoms. The van der Waals surface area contributed by atoms with Crippen LogP contribution >= 0.6 is 0 Å². The van der Waals surface area contributed by atoms with Crippen LogP contribution in [0.4, 0.5) is 0 Å². The van der Waals surface area contributed by atoms with Gasteiger partial charge in [-0.25, -0.2) is 0 Å². The molecule has 0 spiro atoms. The standard InChI is InChI=1S/C16H17NO3/c1-3-15(18)12-4-6-14(7-5-12)20-11-16(19)13-8-9-17(2)10-13/h4-10H,3,11H2,1-2H3. The van der Waals surface area contributed by atoms with E-state index in [1.54, 1.807) is 36.5 Å². The first-order valence-corrected chi connectivity index (χ1v) is 6.51. The number of carbonyl (C=O) groups excluding carboxylic acids is 2. The summed E-state index contributed by atoms with van der Waals surface area (Å²) in [5, 5.41) is 0. The van der Waals surface area contributed by atoms with E-state index in [4.69, 9.17) is 4.74 Å². The van der Waals surface area contributed by atoms with Gasteiger partial charge in [0.2, 0.25) is 5.78 Å². The molecule has 0 N–H and O–H groups in total. The number of aryl methyl sites for hydroxylation is 1. The Hall–Kier alpha value is -2.36. The van der Waals surface area contributed by atoms with E-state index >= 15 is 0 Å². The summed E-state index contributed by atoms with van der Waals surface area (Å²) in [4.78, 5) is 23.3. The second-order valence-electron chi connectivity index (χ2n) is 4.58. The molecule has 2 aromatic rings. The lowest BCUT2D eigenvalue weighted by molar-refractivity contribution is 0.0920. The molecule has 0 aliphatic carbocycles. The fourth-order valence-electron chi connectivity index (χ4n) is 1.84. The van der Waals surface area contributed by atoms with E-state index in [-0.39, 0.29) is 18.2 Å². The zero-order valence-electron chi connectivity index (χ0n) is 11.6. The van der Waals surface area contributed by atoms with Gasteiger partial charge in [0.25, 0.3) is 0 Å². The number of Topliss-reactive ketones (excluding diaryl/α,β-unsaturated/α-hetero) is 2. The van der Waals surface area contributed by atoms with Gasteiger partial charge in [0.15, 0.2) is 12.4 Å². The van der Waals surface area contributed by atoms with Gasteiger partial charge in [0.1, 0.15) is 5.75 Å². The zero-order valence-corrected chi connectivity index (χ0v) is 11.6. The van der Waals surface area contributed by atoms with E-state index in [0.717, 1.165) is 0 Å². The Balaban J connectivity index is 1.94. The Labute approximate surface area is 118 Å². The molecular formula is C16H17NO3. The molecule has 1 aromatic heterocycles. The number of benzene rings is 1. The van der Waals surface area contributed by atoms with Crippen molar-refractivity contribution < 1.29 is 14.3 Å². The minimum atomic E-state index is -0.0701. The topological polar surface area (TPSA) is 48.3 Å². The fraction of sp³-hybridized carbons (Fsp3) is 0.250. The van der Waals surface area contributed by atoms with Crippen LogP contribution in [0, 0.1) is 0 Å². The SMILES string of the molecule is CCC(=O)c1ccc(OCC(=O)c2ccn(C)c2)cc1. The zero-order chi connectivity index (χ0) is 14.5. The van der Waals surface area contributed by atoms with Crippen LogP contribution in [0.5, 0.6) is 5.75 Å². The summed E-state index contributed by atoms with van der Waals surface area (Å²) in [6, 6.07) is 8.61. The molecule has 0 amide bonds. The van der Waals surface area contributed by atoms with Crippen molar-refractivity contribution in [1.82, 2.24) is 4.57 Å². The molecule has 20 heavy (non-hydrogen) atoms. The van der Waals surface area contributed by atoms with Gasteiger partial charge < -0.3 is 9.30 Å². The molecule has 1 aromatic carbocycles. The van der Waals surface area contributed by atoms with E-state index in [2.05, 4.69) is 0 Å². The molecule has 0 saturated carbocycles. The minimum absolute atomic E-state index is 0.00885. The van der Waals surface area contributed by atoms with Crippen LogP contribution in [0.1, 0.15) is 34.1 Å². The maximum atomic E-state index is 11.9. The van der Waals surface area contributed by atoms with Gasteiger partial charge in [-0.2, -0.15) is 0 Å². The van der Waals surface area contributed by atoms with Crippen LogP contribution in [0.15, 0.2) is 42.7 Å². The predicted molar refractivity (Wildman–Crippen MR) is 76.3 cm³/mol. The first-order chi connectivity index (χ1) is 9.60. The number of ether oxygens (including phenoxy) is 1. The van der Waals surface area contributed by atoms with Gasteiger partial charge in [0, 0.05) is 37.0 Å². The van der Waals surface area contributed by atoms with Crippen LogP contribution in [-0.4, -0.2) is 22.7 Å². The van der Waals surface area contributed by atoms with Gasteiger partial charge in [-0.3, -0.25) is 9.59 Å². The van der Waals surface area contributed by atoms with Crippen molar-refractivity contribution in [1.29, 1.82) is 0 Å². The molecular weight excluding hydrogens is 254 g/mol. The van der Waals surface area contributed by atoms with Crippen molar-refractivity contribution in [2.24, 2.45) is 7.05 Å². The number of carbonyl (C=O) groups is 2. The number of hydrogen-bond acceptors (Lipinski definition) is 3. The summed E-state index contributed by atoms with van der Waals surface area (Å²) >= 11 is 0. The second kappa shape index (κ2) is 6.19. The van der Waals surface area contributed by atoms with Crippen LogP contribution in [0.2, 0.25) is 0 Å². The lowest BCUT2D eigenvalue weighted by Gasteiger charge is -2.05. The number of ketones is 2. The molecule has 0 aliphatic rings. The lowest BCUT2D eigenvalue weighted by Crippen LogP contribution is -2.11. The Morgan fingerprint density at radius 1 is 1.05 bits per heavy atom. The number of rotatable bonds is 6. The van der Waals surface area contributed by atoms with Crippen LogP contribution in [-0.2, 0) is 7.05 Å². The Kier molecular flexibility index (Phi) is 4.35. The monoisotopic (exact) mass is 271 g/mol. The summed E-state index contributed by atoms with van der Waals surface area (Å²) in [7, 11) is 1.86. The molecule has 2 rings (SSSR count). The summed E-state index contributed by atoms with van der Waals surface area (Å²) in [5.41, 5.74) is 1.29. The van der Waals surface area contributed by atoms with Gasteiger partial charge in [-0.05, 0) is 30.3 Å². The third kappa shape index (κ3) is 3.35. The largest absolute Gasteiger partial charge is 0.485 e. The number of nitrogens with zero attached hydrogens (tertiary/aromatic N) is 1. The van der Waals surface area contributed by atoms with Crippen LogP contribution in [0.25, 0.3) is 0 Å². The van der Waals surface area contributed by atoms with E-state index in [1.807, 2.05) is 24.7 Å². The average molecular weight is 271 g/mol. The van der Waals surface area contributed by atoms with Crippen molar-refractivity contribution in [3.05, 3.63) is 53.9 Å². The molecule has 0 aliphatic heterocycles. The summed E-state index contributed by atoms with van der Waals surface area (Å²) < 4.78 is 7.25. The molecule has 0 fully saturated rings. The quantitative estimate of drug-likeness (QED) is 0.759. The Bertz CT molecular complexity index is 611. The maximum absolute atomic E-state index is 11.9. The molecule has 4 heteroatoms. The van der Waals surface area contributed by atoms with E-state index in [1.165, 1.54) is 0 Å². The molecule has 0 saturated heterocycles. The van der Waals surface area contributed by atoms with Gasteiger partial charge in [0.05, 0.1) is 0 Å². The Morgan fingerprint density at radius 2 is 1.75 bits per heavy atom. The highest BCUT2D eigenvalue weighted by atomic mass is 16.5. The fourth-order valence-corrected chi connectivity index (χ4v) is 1.84. The van der Waals surface area contributed by atoms with Gasteiger partial charge >= 0.3 is 0 Å². The summed E-state index contributed by atoms with van der Waals surface area (Å²) in [6.07, 6.45) is 4.06. The number of aromatic nitrogens is 1. The molecule has 0 atom stereocenters. The van der Waals surface area contributed by atoms with Crippen molar-refractivity contribution >= 4 is 11.6 Å². The maximum Gasteiger partial charge on any atom is 0.201 e. The van der Waals surface area contributed by atoms with E-state index in [9.17, 15) is 9.59 Å². The molecule has 0 unspecified atom stereocenters. The van der Waals surface area contributed by atoms with E-state index in [0.29, 0.717) is 23.3 Å². The van der Waals surface area contributed by atoms with Crippen molar-refractivity contribution in [3.63, 3.8) is 0 Å². The van der Waals surface area contributed by atoms with E-state index < -0.39 is 0 Å². The first kappa shape index (κ1) is 14.1. The molecule has 4 nitrogen and oxygen atoms in total. The van der Waals surface area contributed by atoms with Gasteiger partial charge in [-0.15, -0.1) is 0 Å². The highest BCUT2D eigenvalue weighted by molar-refractivity contribution is 5.97. The molecule has 0 radical (unpaired) electrons. The second-order valence-corrected chi connectivity index (χ2v) is 4.58. The smallest absolute Gasteiger partial charge is 0.201 e. The average Bonchev–Trinajstić information content (AvgIpc) is 2.91. The van der Waals surface area contributed by atoms with Crippen molar-refractivity contribution in [3.8, 4) is 5.75 Å². The van der Waals surface area contributed by atoms with Gasteiger partial charge in [-0.1, -0.05) is 6.92 Å².